The Morgan fingerprint density at radius 3 is 2.63 bits per heavy atom. The molecular formula is C20H26N5O2+. The highest BCUT2D eigenvalue weighted by Gasteiger charge is 2.26. The number of rotatable bonds is 6. The van der Waals surface area contributed by atoms with Gasteiger partial charge in [-0.25, -0.2) is 9.36 Å². The molecule has 1 aromatic carbocycles. The Balaban J connectivity index is 1.65. The minimum absolute atomic E-state index is 0.0388. The third kappa shape index (κ3) is 4.61. The van der Waals surface area contributed by atoms with Crippen LogP contribution in [0, 0.1) is 19.8 Å². The first-order valence-electron chi connectivity index (χ1n) is 9.10. The summed E-state index contributed by atoms with van der Waals surface area (Å²) in [6.45, 7) is 6.04. The fraction of sp³-hybridized carbons (Fsp3) is 0.400. The first kappa shape index (κ1) is 18.8. The predicted molar refractivity (Wildman–Crippen MR) is 103 cm³/mol. The highest BCUT2D eigenvalue weighted by molar-refractivity contribution is 5.91. The van der Waals surface area contributed by atoms with Gasteiger partial charge in [0.05, 0.1) is 30.4 Å². The molecule has 0 aliphatic heterocycles. The number of amidine groups is 1. The number of nitrogens with zero attached hydrogens (tertiary/aromatic N) is 3. The molecule has 1 heterocycles. The van der Waals surface area contributed by atoms with E-state index in [-0.39, 0.29) is 12.0 Å². The molecule has 1 aliphatic carbocycles. The van der Waals surface area contributed by atoms with Gasteiger partial charge in [-0.05, 0) is 49.4 Å². The van der Waals surface area contributed by atoms with Crippen LogP contribution in [0.2, 0.25) is 0 Å². The maximum atomic E-state index is 12.1. The van der Waals surface area contributed by atoms with Crippen LogP contribution < -0.4 is 15.6 Å². The van der Waals surface area contributed by atoms with Crippen molar-refractivity contribution in [2.75, 3.05) is 5.32 Å². The van der Waals surface area contributed by atoms with E-state index in [1.54, 1.807) is 12.1 Å². The standard InChI is InChI=1S/C20H25N5O2/c1-12-11-25(4)14(3)23-19(12)22-13(2)15-5-9-17(10-6-15)20(26)27-24-18(21)16-7-8-16/h5-6,9-11,13,16H,7-8H2,1-4H3,(H2,21,24)/p+1/t13-/m0/s1. The van der Waals surface area contributed by atoms with E-state index in [2.05, 4.69) is 22.4 Å². The summed E-state index contributed by atoms with van der Waals surface area (Å²) in [5, 5.41) is 7.15. The first-order chi connectivity index (χ1) is 12.8. The molecule has 7 heteroatoms. The van der Waals surface area contributed by atoms with Crippen molar-refractivity contribution in [3.8, 4) is 0 Å². The quantitative estimate of drug-likeness (QED) is 0.269. The summed E-state index contributed by atoms with van der Waals surface area (Å²) in [7, 11) is 1.97. The van der Waals surface area contributed by atoms with Gasteiger partial charge in [0.25, 0.3) is 5.82 Å². The van der Waals surface area contributed by atoms with Crippen LogP contribution in [-0.2, 0) is 11.9 Å². The average Bonchev–Trinajstić information content (AvgIpc) is 3.49. The Kier molecular flexibility index (Phi) is 5.39. The molecule has 0 amide bonds. The summed E-state index contributed by atoms with van der Waals surface area (Å²) in [6.07, 6.45) is 4.07. The van der Waals surface area contributed by atoms with Crippen molar-refractivity contribution in [1.29, 1.82) is 0 Å². The van der Waals surface area contributed by atoms with Gasteiger partial charge in [0.2, 0.25) is 5.82 Å². The number of aryl methyl sites for hydroxylation is 3. The minimum Gasteiger partial charge on any atom is -0.384 e. The number of aromatic nitrogens is 2. The molecular weight excluding hydrogens is 342 g/mol. The summed E-state index contributed by atoms with van der Waals surface area (Å²) in [4.78, 5) is 21.6. The fourth-order valence-electron chi connectivity index (χ4n) is 2.72. The molecule has 0 unspecified atom stereocenters. The minimum atomic E-state index is -0.505. The Labute approximate surface area is 159 Å². The molecule has 0 radical (unpaired) electrons. The maximum absolute atomic E-state index is 12.1. The van der Waals surface area contributed by atoms with Gasteiger partial charge < -0.3 is 15.9 Å². The second-order valence-electron chi connectivity index (χ2n) is 7.09. The van der Waals surface area contributed by atoms with E-state index in [0.717, 1.165) is 35.6 Å². The monoisotopic (exact) mass is 368 g/mol. The third-order valence-electron chi connectivity index (χ3n) is 4.77. The summed E-state index contributed by atoms with van der Waals surface area (Å²) >= 11 is 0. The SMILES string of the molecule is Cc1c[n+](C)c(C)nc1N[C@@H](C)c1ccc(C(=O)O/N=C(\N)C2CC2)cc1. The summed E-state index contributed by atoms with van der Waals surface area (Å²) < 4.78 is 1.99. The van der Waals surface area contributed by atoms with E-state index in [1.807, 2.05) is 43.8 Å². The van der Waals surface area contributed by atoms with Crippen LogP contribution >= 0.6 is 0 Å². The van der Waals surface area contributed by atoms with Crippen LogP contribution in [-0.4, -0.2) is 16.8 Å². The second kappa shape index (κ2) is 7.73. The fourth-order valence-corrected chi connectivity index (χ4v) is 2.72. The van der Waals surface area contributed by atoms with Crippen molar-refractivity contribution >= 4 is 17.6 Å². The van der Waals surface area contributed by atoms with Gasteiger partial charge in [-0.2, -0.15) is 0 Å². The lowest BCUT2D eigenvalue weighted by Crippen LogP contribution is -2.33. The van der Waals surface area contributed by atoms with Crippen molar-refractivity contribution in [3.63, 3.8) is 0 Å². The normalized spacial score (nSPS) is 15.3. The smallest absolute Gasteiger partial charge is 0.365 e. The summed E-state index contributed by atoms with van der Waals surface area (Å²) in [5.41, 5.74) is 8.28. The highest BCUT2D eigenvalue weighted by Crippen LogP contribution is 2.28. The van der Waals surface area contributed by atoms with Crippen LogP contribution in [0.1, 0.15) is 53.1 Å². The predicted octanol–water partition coefficient (Wildman–Crippen LogP) is 2.54. The number of hydrogen-bond acceptors (Lipinski definition) is 5. The molecule has 27 heavy (non-hydrogen) atoms. The molecule has 2 aromatic rings. The number of anilines is 1. The van der Waals surface area contributed by atoms with Crippen LogP contribution in [0.5, 0.6) is 0 Å². The largest absolute Gasteiger partial charge is 0.384 e. The molecule has 0 spiro atoms. The van der Waals surface area contributed by atoms with Crippen LogP contribution in [0.15, 0.2) is 35.6 Å². The zero-order chi connectivity index (χ0) is 19.6. The number of nitrogens with one attached hydrogen (secondary N) is 1. The van der Waals surface area contributed by atoms with Crippen LogP contribution in [0.25, 0.3) is 0 Å². The van der Waals surface area contributed by atoms with Gasteiger partial charge >= 0.3 is 5.97 Å². The van der Waals surface area contributed by atoms with E-state index >= 15 is 0 Å². The zero-order valence-electron chi connectivity index (χ0n) is 16.2. The molecule has 3 rings (SSSR count). The topological polar surface area (TPSA) is 93.5 Å². The summed E-state index contributed by atoms with van der Waals surface area (Å²) in [6, 6.07) is 7.29. The molecule has 3 N–H and O–H groups in total. The third-order valence-corrected chi connectivity index (χ3v) is 4.77. The Bertz CT molecular complexity index is 873. The molecule has 1 fully saturated rings. The lowest BCUT2D eigenvalue weighted by atomic mass is 10.1. The van der Waals surface area contributed by atoms with Crippen LogP contribution in [0.4, 0.5) is 5.82 Å². The summed E-state index contributed by atoms with van der Waals surface area (Å²) in [5.74, 6) is 1.94. The molecule has 1 saturated carbocycles. The van der Waals surface area contributed by atoms with Gasteiger partial charge in [-0.15, -0.1) is 0 Å². The van der Waals surface area contributed by atoms with E-state index in [4.69, 9.17) is 10.6 Å². The van der Waals surface area contributed by atoms with Gasteiger partial charge in [0, 0.05) is 12.8 Å². The van der Waals surface area contributed by atoms with Gasteiger partial charge in [-0.1, -0.05) is 17.3 Å². The van der Waals surface area contributed by atoms with Crippen molar-refractivity contribution < 1.29 is 14.2 Å². The number of benzene rings is 1. The average molecular weight is 368 g/mol. The second-order valence-corrected chi connectivity index (χ2v) is 7.09. The molecule has 142 valence electrons. The molecule has 0 bridgehead atoms. The molecule has 1 aromatic heterocycles. The van der Waals surface area contributed by atoms with E-state index in [9.17, 15) is 4.79 Å². The Hall–Kier alpha value is -2.96. The maximum Gasteiger partial charge on any atom is 0.365 e. The number of hydrogen-bond donors (Lipinski definition) is 2. The van der Waals surface area contributed by atoms with Gasteiger partial charge in [-0.3, -0.25) is 0 Å². The zero-order valence-corrected chi connectivity index (χ0v) is 16.2. The van der Waals surface area contributed by atoms with Crippen LogP contribution in [0.3, 0.4) is 0 Å². The van der Waals surface area contributed by atoms with E-state index < -0.39 is 5.97 Å². The van der Waals surface area contributed by atoms with Crippen molar-refractivity contribution in [2.45, 2.75) is 39.7 Å². The first-order valence-corrected chi connectivity index (χ1v) is 9.10. The molecule has 7 nitrogen and oxygen atoms in total. The molecule has 0 saturated heterocycles. The van der Waals surface area contributed by atoms with Gasteiger partial charge in [0.1, 0.15) is 5.84 Å². The lowest BCUT2D eigenvalue weighted by molar-refractivity contribution is -0.681. The molecule has 1 aliphatic rings. The molecule has 1 atom stereocenters. The van der Waals surface area contributed by atoms with E-state index in [1.165, 1.54) is 0 Å². The van der Waals surface area contributed by atoms with Gasteiger partial charge in [0.15, 0.2) is 0 Å². The Morgan fingerprint density at radius 1 is 1.33 bits per heavy atom. The number of nitrogens with two attached hydrogens (primary N) is 1. The van der Waals surface area contributed by atoms with Crippen molar-refractivity contribution in [3.05, 3.63) is 53.0 Å². The van der Waals surface area contributed by atoms with Crippen molar-refractivity contribution in [2.24, 2.45) is 23.9 Å². The number of carbonyl (C=O) groups is 1. The van der Waals surface area contributed by atoms with E-state index in [0.29, 0.717) is 11.4 Å². The van der Waals surface area contributed by atoms with Crippen molar-refractivity contribution in [1.82, 2.24) is 4.98 Å². The number of carbonyl (C=O) groups excluding carboxylic acids is 1. The highest BCUT2D eigenvalue weighted by atomic mass is 16.7. The Morgan fingerprint density at radius 2 is 2.00 bits per heavy atom. The number of oxime groups is 1. The lowest BCUT2D eigenvalue weighted by Gasteiger charge is -2.14.